The molecule has 1 aromatic heterocycles. The second-order valence-electron chi connectivity index (χ2n) is 9.38. The molecule has 0 atom stereocenters. The summed E-state index contributed by atoms with van der Waals surface area (Å²) in [6, 6.07) is 10.3. The van der Waals surface area contributed by atoms with E-state index in [9.17, 15) is 27.9 Å². The van der Waals surface area contributed by atoms with Gasteiger partial charge in [-0.05, 0) is 57.0 Å². The van der Waals surface area contributed by atoms with Gasteiger partial charge in [-0.25, -0.2) is 4.79 Å². The maximum Gasteiger partial charge on any atom is 0.419 e. The lowest BCUT2D eigenvalue weighted by Gasteiger charge is -2.22. The van der Waals surface area contributed by atoms with Crippen molar-refractivity contribution in [2.24, 2.45) is 0 Å². The minimum atomic E-state index is -4.87. The molecule has 0 spiro atoms. The third-order valence-corrected chi connectivity index (χ3v) is 5.23. The molecule has 0 saturated heterocycles. The molecule has 196 valence electrons. The van der Waals surface area contributed by atoms with Gasteiger partial charge in [0.15, 0.2) is 0 Å². The second kappa shape index (κ2) is 10.5. The predicted molar refractivity (Wildman–Crippen MR) is 128 cm³/mol. The highest BCUT2D eigenvalue weighted by Crippen LogP contribution is 2.39. The predicted octanol–water partition coefficient (Wildman–Crippen LogP) is 5.94. The molecule has 0 aliphatic heterocycles. The van der Waals surface area contributed by atoms with E-state index in [1.54, 1.807) is 51.1 Å². The van der Waals surface area contributed by atoms with Crippen LogP contribution in [-0.4, -0.2) is 32.7 Å². The number of aliphatic carboxylic acids is 1. The van der Waals surface area contributed by atoms with Crippen molar-refractivity contribution in [2.75, 3.05) is 0 Å². The van der Waals surface area contributed by atoms with Crippen molar-refractivity contribution in [3.8, 4) is 22.8 Å². The van der Waals surface area contributed by atoms with Crippen LogP contribution in [0.5, 0.6) is 11.5 Å². The van der Waals surface area contributed by atoms with Crippen LogP contribution in [0.25, 0.3) is 11.3 Å². The number of benzene rings is 2. The third kappa shape index (κ3) is 6.99. The Hall–Kier alpha value is -4.08. The molecule has 1 heterocycles. The maximum atomic E-state index is 13.3. The quantitative estimate of drug-likeness (QED) is 0.374. The summed E-state index contributed by atoms with van der Waals surface area (Å²) < 4.78 is 50.8. The molecule has 0 aliphatic rings. The van der Waals surface area contributed by atoms with Crippen LogP contribution in [-0.2, 0) is 28.7 Å². The summed E-state index contributed by atoms with van der Waals surface area (Å²) in [5, 5.41) is 19.3. The largest absolute Gasteiger partial charge is 0.506 e. The normalized spacial score (nSPS) is 11.8. The van der Waals surface area contributed by atoms with Crippen LogP contribution in [0.4, 0.5) is 13.2 Å². The van der Waals surface area contributed by atoms with Gasteiger partial charge < -0.3 is 19.7 Å². The highest BCUT2D eigenvalue weighted by atomic mass is 19.4. The molecule has 0 amide bonds. The number of esters is 1. The molecule has 3 aromatic rings. The summed E-state index contributed by atoms with van der Waals surface area (Å²) in [7, 11) is 0. The van der Waals surface area contributed by atoms with Gasteiger partial charge >= 0.3 is 18.1 Å². The molecule has 0 fully saturated rings. The first-order valence-electron chi connectivity index (χ1n) is 11.2. The number of aromatic hydroxyl groups is 1. The fourth-order valence-corrected chi connectivity index (χ4v) is 3.62. The smallest absolute Gasteiger partial charge is 0.419 e. The lowest BCUT2D eigenvalue weighted by molar-refractivity contribution is -0.139. The van der Waals surface area contributed by atoms with Gasteiger partial charge in [-0.2, -0.15) is 13.2 Å². The van der Waals surface area contributed by atoms with Gasteiger partial charge in [-0.1, -0.05) is 24.3 Å². The van der Waals surface area contributed by atoms with E-state index in [-0.39, 0.29) is 24.3 Å². The summed E-state index contributed by atoms with van der Waals surface area (Å²) >= 11 is 0. The van der Waals surface area contributed by atoms with Crippen LogP contribution >= 0.6 is 0 Å². The number of nitrogens with zero attached hydrogens (tertiary/aromatic N) is 1. The maximum absolute atomic E-state index is 13.3. The zero-order chi connectivity index (χ0) is 27.5. The lowest BCUT2D eigenvalue weighted by Crippen LogP contribution is -2.25. The number of hydrogen-bond donors (Lipinski definition) is 2. The van der Waals surface area contributed by atoms with Crippen LogP contribution < -0.4 is 4.74 Å². The third-order valence-electron chi connectivity index (χ3n) is 5.23. The number of hydrogen-bond acceptors (Lipinski definition) is 6. The Morgan fingerprint density at radius 2 is 1.73 bits per heavy atom. The van der Waals surface area contributed by atoms with Crippen LogP contribution in [0.3, 0.4) is 0 Å². The van der Waals surface area contributed by atoms with Gasteiger partial charge in [0.25, 0.3) is 0 Å². The second-order valence-corrected chi connectivity index (χ2v) is 9.38. The van der Waals surface area contributed by atoms with Gasteiger partial charge in [0.1, 0.15) is 29.3 Å². The fourth-order valence-electron chi connectivity index (χ4n) is 3.62. The highest BCUT2D eigenvalue weighted by molar-refractivity contribution is 5.95. The van der Waals surface area contributed by atoms with E-state index in [4.69, 9.17) is 14.6 Å². The van der Waals surface area contributed by atoms with E-state index in [2.05, 4.69) is 4.98 Å². The van der Waals surface area contributed by atoms with Gasteiger partial charge in [0.2, 0.25) is 0 Å². The number of alkyl halides is 3. The van der Waals surface area contributed by atoms with Crippen molar-refractivity contribution in [3.05, 3.63) is 76.5 Å². The molecular formula is C27H26F3NO6. The number of halogens is 3. The number of phenols is 1. The molecular weight excluding hydrogens is 491 g/mol. The summed E-state index contributed by atoms with van der Waals surface area (Å²) in [5.74, 6) is -2.98. The first-order chi connectivity index (χ1) is 17.2. The number of pyridine rings is 1. The van der Waals surface area contributed by atoms with Crippen LogP contribution in [0.2, 0.25) is 0 Å². The number of aromatic nitrogens is 1. The molecule has 37 heavy (non-hydrogen) atoms. The van der Waals surface area contributed by atoms with Gasteiger partial charge in [0.05, 0.1) is 23.9 Å². The van der Waals surface area contributed by atoms with Crippen molar-refractivity contribution in [2.45, 2.75) is 52.5 Å². The first-order valence-corrected chi connectivity index (χ1v) is 11.2. The van der Waals surface area contributed by atoms with E-state index >= 15 is 0 Å². The summed E-state index contributed by atoms with van der Waals surface area (Å²) in [4.78, 5) is 27.9. The molecule has 10 heteroatoms. The number of aryl methyl sites for hydroxylation is 1. The van der Waals surface area contributed by atoms with Gasteiger partial charge in [-0.3, -0.25) is 9.78 Å². The Labute approximate surface area is 211 Å². The molecule has 0 radical (unpaired) electrons. The monoisotopic (exact) mass is 517 g/mol. The van der Waals surface area contributed by atoms with Gasteiger partial charge in [-0.15, -0.1) is 0 Å². The van der Waals surface area contributed by atoms with Crippen LogP contribution in [0.15, 0.2) is 48.7 Å². The summed E-state index contributed by atoms with van der Waals surface area (Å²) in [5.41, 5.74) is -0.0714. The Bertz CT molecular complexity index is 1310. The van der Waals surface area contributed by atoms with E-state index in [1.807, 2.05) is 6.92 Å². The van der Waals surface area contributed by atoms with E-state index in [0.717, 1.165) is 17.2 Å². The lowest BCUT2D eigenvalue weighted by atomic mass is 10.0. The zero-order valence-corrected chi connectivity index (χ0v) is 20.6. The molecule has 0 saturated carbocycles. The minimum absolute atomic E-state index is 0.00805. The van der Waals surface area contributed by atoms with Crippen LogP contribution in [0, 0.1) is 6.92 Å². The molecule has 7 nitrogen and oxygen atoms in total. The van der Waals surface area contributed by atoms with Crippen molar-refractivity contribution in [1.82, 2.24) is 4.98 Å². The standard InChI is InChI=1S/C27H26F3NO6/c1-15-11-16(12-22(32)33)5-8-19(15)21-10-7-18(13-31-21)36-14-17-6-9-20(27(28,29)30)24(34)23(17)25(35)37-26(2,3)4/h5-11,13,34H,12,14H2,1-4H3,(H,32,33). The Balaban J connectivity index is 1.84. The van der Waals surface area contributed by atoms with Crippen molar-refractivity contribution < 1.29 is 42.4 Å². The minimum Gasteiger partial charge on any atom is -0.506 e. The zero-order valence-electron chi connectivity index (χ0n) is 20.6. The van der Waals surface area contributed by atoms with Crippen LogP contribution in [0.1, 0.15) is 53.4 Å². The number of carboxylic acid groups (broad SMARTS) is 1. The summed E-state index contributed by atoms with van der Waals surface area (Å²) in [6.07, 6.45) is -3.55. The average Bonchev–Trinajstić information content (AvgIpc) is 2.75. The number of rotatable bonds is 7. The molecule has 2 N–H and O–H groups in total. The molecule has 0 unspecified atom stereocenters. The number of phenolic OH excluding ortho intramolecular Hbond substituents is 1. The number of ether oxygens (including phenoxy) is 2. The molecule has 2 aromatic carbocycles. The van der Waals surface area contributed by atoms with Crippen molar-refractivity contribution in [3.63, 3.8) is 0 Å². The SMILES string of the molecule is Cc1cc(CC(=O)O)ccc1-c1ccc(OCc2ccc(C(F)(F)F)c(O)c2C(=O)OC(C)(C)C)cn1. The Morgan fingerprint density at radius 1 is 1.03 bits per heavy atom. The fraction of sp³-hybridized carbons (Fsp3) is 0.296. The van der Waals surface area contributed by atoms with Gasteiger partial charge in [0, 0.05) is 11.1 Å². The highest BCUT2D eigenvalue weighted by Gasteiger charge is 2.37. The first kappa shape index (κ1) is 27.5. The summed E-state index contributed by atoms with van der Waals surface area (Å²) in [6.45, 7) is 6.17. The number of carboxylic acids is 1. The van der Waals surface area contributed by atoms with Crippen molar-refractivity contribution >= 4 is 11.9 Å². The number of carbonyl (C=O) groups is 2. The topological polar surface area (TPSA) is 106 Å². The van der Waals surface area contributed by atoms with Crippen molar-refractivity contribution in [1.29, 1.82) is 0 Å². The van der Waals surface area contributed by atoms with E-state index in [0.29, 0.717) is 17.3 Å². The molecule has 0 aliphatic carbocycles. The van der Waals surface area contributed by atoms with E-state index in [1.165, 1.54) is 6.20 Å². The average molecular weight is 518 g/mol. The molecule has 3 rings (SSSR count). The molecule has 0 bridgehead atoms. The Kier molecular flexibility index (Phi) is 7.80. The van der Waals surface area contributed by atoms with E-state index < -0.39 is 40.6 Å². The number of carbonyl (C=O) groups excluding carboxylic acids is 1. The Morgan fingerprint density at radius 3 is 2.27 bits per heavy atom.